The number of H-pyrrole nitrogens is 1. The Morgan fingerprint density at radius 1 is 1.48 bits per heavy atom. The fourth-order valence-corrected chi connectivity index (χ4v) is 2.31. The van der Waals surface area contributed by atoms with Crippen molar-refractivity contribution in [2.24, 2.45) is 5.73 Å². The van der Waals surface area contributed by atoms with Crippen LogP contribution in [0.2, 0.25) is 0 Å². The number of hydrogen-bond acceptors (Lipinski definition) is 5. The van der Waals surface area contributed by atoms with Gasteiger partial charge in [-0.25, -0.2) is 9.37 Å². The molecule has 1 atom stereocenters. The molecule has 3 N–H and O–H groups in total. The van der Waals surface area contributed by atoms with E-state index in [0.29, 0.717) is 5.56 Å². The third kappa shape index (κ3) is 2.03. The van der Waals surface area contributed by atoms with Crippen molar-refractivity contribution < 1.29 is 9.13 Å². The molecule has 1 aliphatic heterocycles. The van der Waals surface area contributed by atoms with Crippen LogP contribution in [-0.2, 0) is 0 Å². The van der Waals surface area contributed by atoms with Crippen LogP contribution in [0.1, 0.15) is 17.0 Å². The van der Waals surface area contributed by atoms with E-state index in [1.54, 1.807) is 6.07 Å². The van der Waals surface area contributed by atoms with Gasteiger partial charge >= 0.3 is 0 Å². The summed E-state index contributed by atoms with van der Waals surface area (Å²) in [5.74, 6) is -1.41. The minimum atomic E-state index is -0.813. The molecule has 0 spiro atoms. The lowest BCUT2D eigenvalue weighted by Gasteiger charge is -2.24. The SMILES string of the molecule is N#CC1=C(N)Oc2nc[nH]c(=O)c2[C@@H]1c1cccc(F)c1. The van der Waals surface area contributed by atoms with Crippen molar-refractivity contribution in [3.63, 3.8) is 0 Å². The number of benzene rings is 1. The zero-order chi connectivity index (χ0) is 15.0. The Bertz CT molecular complexity index is 851. The van der Waals surface area contributed by atoms with Crippen LogP contribution >= 0.6 is 0 Å². The van der Waals surface area contributed by atoms with Crippen molar-refractivity contribution in [1.29, 1.82) is 5.26 Å². The Morgan fingerprint density at radius 3 is 3.00 bits per heavy atom. The maximum Gasteiger partial charge on any atom is 0.258 e. The fraction of sp³-hybridized carbons (Fsp3) is 0.0714. The highest BCUT2D eigenvalue weighted by Gasteiger charge is 2.34. The van der Waals surface area contributed by atoms with Gasteiger partial charge in [0.05, 0.1) is 17.8 Å². The van der Waals surface area contributed by atoms with Crippen LogP contribution in [0.25, 0.3) is 0 Å². The Kier molecular flexibility index (Phi) is 2.92. The molecule has 2 heterocycles. The molecular weight excluding hydrogens is 275 g/mol. The molecule has 0 fully saturated rings. The van der Waals surface area contributed by atoms with E-state index in [4.69, 9.17) is 10.5 Å². The average molecular weight is 284 g/mol. The number of halogens is 1. The Hall–Kier alpha value is -3.14. The van der Waals surface area contributed by atoms with E-state index >= 15 is 0 Å². The molecule has 0 unspecified atom stereocenters. The highest BCUT2D eigenvalue weighted by molar-refractivity contribution is 5.52. The van der Waals surface area contributed by atoms with Crippen molar-refractivity contribution in [1.82, 2.24) is 9.97 Å². The van der Waals surface area contributed by atoms with Crippen LogP contribution in [0.4, 0.5) is 4.39 Å². The van der Waals surface area contributed by atoms with Gasteiger partial charge in [0.2, 0.25) is 11.8 Å². The van der Waals surface area contributed by atoms with Crippen LogP contribution in [0.3, 0.4) is 0 Å². The standard InChI is InChI=1S/C14H9FN4O2/c15-8-3-1-2-7(4-8)10-9(5-16)12(17)21-14-11(10)13(20)18-6-19-14/h1-4,6,10H,17H2,(H,18,19,20)/t10-/m1/s1. The summed E-state index contributed by atoms with van der Waals surface area (Å²) in [5.41, 5.74) is 5.85. The van der Waals surface area contributed by atoms with Crippen LogP contribution in [0, 0.1) is 17.1 Å². The molecule has 0 aliphatic carbocycles. The number of aromatic nitrogens is 2. The number of nitrogens with zero attached hydrogens (tertiary/aromatic N) is 2. The molecule has 6 nitrogen and oxygen atoms in total. The van der Waals surface area contributed by atoms with Crippen LogP contribution in [-0.4, -0.2) is 9.97 Å². The summed E-state index contributed by atoms with van der Waals surface area (Å²) < 4.78 is 18.7. The first-order valence-corrected chi connectivity index (χ1v) is 6.02. The minimum absolute atomic E-state index is 0.0181. The molecular formula is C14H9FN4O2. The van der Waals surface area contributed by atoms with Gasteiger partial charge in [-0.2, -0.15) is 5.26 Å². The lowest BCUT2D eigenvalue weighted by atomic mass is 9.85. The fourth-order valence-electron chi connectivity index (χ4n) is 2.31. The molecule has 1 aromatic carbocycles. The molecule has 2 aromatic rings. The largest absolute Gasteiger partial charge is 0.422 e. The van der Waals surface area contributed by atoms with E-state index in [-0.39, 0.29) is 22.9 Å². The van der Waals surface area contributed by atoms with E-state index in [9.17, 15) is 14.4 Å². The van der Waals surface area contributed by atoms with Gasteiger partial charge < -0.3 is 15.5 Å². The quantitative estimate of drug-likeness (QED) is 0.816. The first-order valence-electron chi connectivity index (χ1n) is 6.02. The number of nitrogens with one attached hydrogen (secondary N) is 1. The average Bonchev–Trinajstić information content (AvgIpc) is 2.46. The van der Waals surface area contributed by atoms with E-state index in [2.05, 4.69) is 9.97 Å². The van der Waals surface area contributed by atoms with Gasteiger partial charge in [-0.05, 0) is 17.7 Å². The van der Waals surface area contributed by atoms with Crippen molar-refractivity contribution in [2.45, 2.75) is 5.92 Å². The van der Waals surface area contributed by atoms with Crippen molar-refractivity contribution in [2.75, 3.05) is 0 Å². The molecule has 0 amide bonds. The second-order valence-electron chi connectivity index (χ2n) is 4.43. The zero-order valence-electron chi connectivity index (χ0n) is 10.6. The smallest absolute Gasteiger partial charge is 0.258 e. The van der Waals surface area contributed by atoms with Gasteiger partial charge in [0.1, 0.15) is 17.5 Å². The van der Waals surface area contributed by atoms with Gasteiger partial charge in [0.15, 0.2) is 0 Å². The predicted molar refractivity (Wildman–Crippen MR) is 70.6 cm³/mol. The summed E-state index contributed by atoms with van der Waals surface area (Å²) in [5, 5.41) is 9.28. The molecule has 1 aromatic heterocycles. The van der Waals surface area contributed by atoms with Crippen molar-refractivity contribution >= 4 is 0 Å². The highest BCUT2D eigenvalue weighted by atomic mass is 19.1. The number of nitrogens with two attached hydrogens (primary N) is 1. The second-order valence-corrected chi connectivity index (χ2v) is 4.43. The molecule has 3 rings (SSSR count). The highest BCUT2D eigenvalue weighted by Crippen LogP contribution is 2.38. The predicted octanol–water partition coefficient (Wildman–Crippen LogP) is 1.13. The molecule has 0 bridgehead atoms. The van der Waals surface area contributed by atoms with E-state index < -0.39 is 17.3 Å². The van der Waals surface area contributed by atoms with Gasteiger partial charge in [0.25, 0.3) is 5.56 Å². The number of ether oxygens (including phenoxy) is 1. The summed E-state index contributed by atoms with van der Waals surface area (Å²) >= 11 is 0. The Labute approximate surface area is 118 Å². The molecule has 21 heavy (non-hydrogen) atoms. The van der Waals surface area contributed by atoms with Gasteiger partial charge in [0, 0.05) is 0 Å². The molecule has 7 heteroatoms. The van der Waals surface area contributed by atoms with Crippen LogP contribution in [0.5, 0.6) is 5.88 Å². The summed E-state index contributed by atoms with van der Waals surface area (Å²) in [6, 6.07) is 7.54. The maximum absolute atomic E-state index is 13.5. The summed E-state index contributed by atoms with van der Waals surface area (Å²) in [6.45, 7) is 0. The second kappa shape index (κ2) is 4.76. The monoisotopic (exact) mass is 284 g/mol. The van der Waals surface area contributed by atoms with Crippen molar-refractivity contribution in [3.05, 3.63) is 69.3 Å². The van der Waals surface area contributed by atoms with Gasteiger partial charge in [-0.3, -0.25) is 4.79 Å². The third-order valence-corrected chi connectivity index (χ3v) is 3.20. The summed E-state index contributed by atoms with van der Waals surface area (Å²) in [7, 11) is 0. The third-order valence-electron chi connectivity index (χ3n) is 3.20. The van der Waals surface area contributed by atoms with Crippen LogP contribution in [0.15, 0.2) is 46.8 Å². The summed E-state index contributed by atoms with van der Waals surface area (Å²) in [4.78, 5) is 18.4. The number of aromatic amines is 1. The number of fused-ring (bicyclic) bond motifs is 1. The number of nitriles is 1. The van der Waals surface area contributed by atoms with Gasteiger partial charge in [-0.15, -0.1) is 0 Å². The molecule has 0 radical (unpaired) electrons. The lowest BCUT2D eigenvalue weighted by molar-refractivity contribution is 0.375. The van der Waals surface area contributed by atoms with Gasteiger partial charge in [-0.1, -0.05) is 12.1 Å². The number of allylic oxidation sites excluding steroid dienone is 1. The van der Waals surface area contributed by atoms with Crippen molar-refractivity contribution in [3.8, 4) is 11.9 Å². The lowest BCUT2D eigenvalue weighted by Crippen LogP contribution is -2.28. The Balaban J connectivity index is 2.31. The topological polar surface area (TPSA) is 105 Å². The van der Waals surface area contributed by atoms with Crippen LogP contribution < -0.4 is 16.0 Å². The van der Waals surface area contributed by atoms with E-state index in [0.717, 1.165) is 0 Å². The number of hydrogen-bond donors (Lipinski definition) is 2. The van der Waals surface area contributed by atoms with E-state index in [1.165, 1.54) is 24.5 Å². The Morgan fingerprint density at radius 2 is 2.29 bits per heavy atom. The normalized spacial score (nSPS) is 16.9. The molecule has 0 saturated heterocycles. The zero-order valence-corrected chi connectivity index (χ0v) is 10.6. The first-order chi connectivity index (χ1) is 10.1. The molecule has 104 valence electrons. The first kappa shape index (κ1) is 12.9. The summed E-state index contributed by atoms with van der Waals surface area (Å²) in [6.07, 6.45) is 1.18. The van der Waals surface area contributed by atoms with E-state index in [1.807, 2.05) is 6.07 Å². The maximum atomic E-state index is 13.5. The minimum Gasteiger partial charge on any atom is -0.422 e. The molecule has 1 aliphatic rings. The number of rotatable bonds is 1. The molecule has 0 saturated carbocycles.